The van der Waals surface area contributed by atoms with Crippen LogP contribution in [0.4, 0.5) is 0 Å². The number of hydrogen-bond acceptors (Lipinski definition) is 8. The van der Waals surface area contributed by atoms with Gasteiger partial charge in [-0.1, -0.05) is 0 Å². The number of hydrogen-bond donors (Lipinski definition) is 1. The minimum absolute atomic E-state index is 0.0324. The zero-order valence-corrected chi connectivity index (χ0v) is 14.5. The Morgan fingerprint density at radius 1 is 1.40 bits per heavy atom. The van der Waals surface area contributed by atoms with E-state index < -0.39 is 39.9 Å². The summed E-state index contributed by atoms with van der Waals surface area (Å²) in [5.74, 6) is -1.54. The van der Waals surface area contributed by atoms with Crippen LogP contribution in [-0.2, 0) is 30.7 Å². The Labute approximate surface area is 144 Å². The van der Waals surface area contributed by atoms with Crippen LogP contribution in [0.3, 0.4) is 0 Å². The fourth-order valence-electron chi connectivity index (χ4n) is 2.28. The molecule has 25 heavy (non-hydrogen) atoms. The van der Waals surface area contributed by atoms with Crippen molar-refractivity contribution >= 4 is 21.7 Å². The molecule has 1 aliphatic heterocycles. The molecule has 1 atom stereocenters. The first kappa shape index (κ1) is 19.1. The van der Waals surface area contributed by atoms with E-state index in [1.165, 1.54) is 19.2 Å². The molecular formula is C14H19N3O7S. The first-order chi connectivity index (χ1) is 11.8. The summed E-state index contributed by atoms with van der Waals surface area (Å²) < 4.78 is 33.4. The number of carbonyl (C=O) groups excluding carboxylic acids is 2. The van der Waals surface area contributed by atoms with Gasteiger partial charge in [0.15, 0.2) is 22.1 Å². The third-order valence-corrected chi connectivity index (χ3v) is 5.28. The average molecular weight is 373 g/mol. The summed E-state index contributed by atoms with van der Waals surface area (Å²) in [6.07, 6.45) is 0.341. The second-order valence-corrected chi connectivity index (χ2v) is 7.75. The number of methoxy groups -OCH3 is 1. The van der Waals surface area contributed by atoms with Crippen molar-refractivity contribution in [3.05, 3.63) is 28.2 Å². The summed E-state index contributed by atoms with van der Waals surface area (Å²) in [5.41, 5.74) is -0.513. The normalized spacial score (nSPS) is 18.7. The van der Waals surface area contributed by atoms with Gasteiger partial charge in [-0.25, -0.2) is 17.9 Å². The number of carbonyl (C=O) groups is 2. The molecule has 0 spiro atoms. The third-order valence-electron chi connectivity index (χ3n) is 3.51. The molecule has 1 aliphatic rings. The Morgan fingerprint density at radius 2 is 2.16 bits per heavy atom. The van der Waals surface area contributed by atoms with Gasteiger partial charge in [0.2, 0.25) is 0 Å². The van der Waals surface area contributed by atoms with Crippen LogP contribution in [0.15, 0.2) is 16.9 Å². The number of nitrogens with zero attached hydrogens (tertiary/aromatic N) is 2. The first-order valence-electron chi connectivity index (χ1n) is 7.55. The van der Waals surface area contributed by atoms with Crippen LogP contribution >= 0.6 is 0 Å². The van der Waals surface area contributed by atoms with E-state index in [0.29, 0.717) is 6.42 Å². The Balaban J connectivity index is 1.87. The highest BCUT2D eigenvalue weighted by molar-refractivity contribution is 7.91. The Morgan fingerprint density at radius 3 is 2.80 bits per heavy atom. The second-order valence-electron chi connectivity index (χ2n) is 5.52. The van der Waals surface area contributed by atoms with Gasteiger partial charge in [0, 0.05) is 19.2 Å². The van der Waals surface area contributed by atoms with E-state index in [1.807, 2.05) is 0 Å². The maximum absolute atomic E-state index is 11.9. The highest BCUT2D eigenvalue weighted by atomic mass is 32.2. The quantitative estimate of drug-likeness (QED) is 0.562. The van der Waals surface area contributed by atoms with Crippen molar-refractivity contribution in [1.82, 2.24) is 15.1 Å². The van der Waals surface area contributed by atoms with Crippen molar-refractivity contribution in [2.24, 2.45) is 0 Å². The van der Waals surface area contributed by atoms with Crippen LogP contribution in [-0.4, -0.2) is 67.9 Å². The van der Waals surface area contributed by atoms with Gasteiger partial charge in [0.05, 0.1) is 24.7 Å². The van der Waals surface area contributed by atoms with E-state index in [2.05, 4.69) is 10.4 Å². The van der Waals surface area contributed by atoms with Crippen LogP contribution in [0.25, 0.3) is 0 Å². The van der Waals surface area contributed by atoms with Gasteiger partial charge in [-0.3, -0.25) is 9.59 Å². The molecule has 10 nitrogen and oxygen atoms in total. The van der Waals surface area contributed by atoms with Gasteiger partial charge in [0.1, 0.15) is 0 Å². The maximum atomic E-state index is 11.9. The van der Waals surface area contributed by atoms with E-state index in [1.54, 1.807) is 0 Å². The molecule has 0 radical (unpaired) electrons. The van der Waals surface area contributed by atoms with Crippen molar-refractivity contribution in [2.75, 3.05) is 31.8 Å². The zero-order valence-electron chi connectivity index (χ0n) is 13.6. The van der Waals surface area contributed by atoms with Crippen molar-refractivity contribution in [2.45, 2.75) is 19.0 Å². The largest absolute Gasteiger partial charge is 0.451 e. The van der Waals surface area contributed by atoms with Gasteiger partial charge in [0.25, 0.3) is 11.5 Å². The smallest absolute Gasteiger partial charge is 0.359 e. The number of rotatable bonds is 7. The van der Waals surface area contributed by atoms with E-state index in [4.69, 9.17) is 9.47 Å². The predicted molar refractivity (Wildman–Crippen MR) is 85.9 cm³/mol. The highest BCUT2D eigenvalue weighted by Crippen LogP contribution is 2.11. The van der Waals surface area contributed by atoms with Gasteiger partial charge >= 0.3 is 5.97 Å². The Kier molecular flexibility index (Phi) is 6.26. The lowest BCUT2D eigenvalue weighted by atomic mass is 10.2. The van der Waals surface area contributed by atoms with E-state index >= 15 is 0 Å². The summed E-state index contributed by atoms with van der Waals surface area (Å²) in [4.78, 5) is 35.2. The lowest BCUT2D eigenvalue weighted by Crippen LogP contribution is -2.38. The molecular weight excluding hydrogens is 354 g/mol. The molecule has 0 aromatic carbocycles. The van der Waals surface area contributed by atoms with Gasteiger partial charge in [-0.05, 0) is 12.5 Å². The predicted octanol–water partition coefficient (Wildman–Crippen LogP) is -1.65. The number of nitrogens with one attached hydrogen (secondary N) is 1. The third kappa shape index (κ3) is 5.64. The van der Waals surface area contributed by atoms with Crippen LogP contribution in [0.1, 0.15) is 16.9 Å². The van der Waals surface area contributed by atoms with Crippen LogP contribution < -0.4 is 10.9 Å². The summed E-state index contributed by atoms with van der Waals surface area (Å²) >= 11 is 0. The lowest BCUT2D eigenvalue weighted by molar-refractivity contribution is -0.124. The fourth-order valence-corrected chi connectivity index (χ4v) is 3.95. The summed E-state index contributed by atoms with van der Waals surface area (Å²) in [7, 11) is -1.64. The summed E-state index contributed by atoms with van der Waals surface area (Å²) in [5, 5.41) is 6.35. The molecule has 0 bridgehead atoms. The van der Waals surface area contributed by atoms with Crippen molar-refractivity contribution in [3.63, 3.8) is 0 Å². The molecule has 0 unspecified atom stereocenters. The van der Waals surface area contributed by atoms with Gasteiger partial charge < -0.3 is 14.8 Å². The number of ether oxygens (including phenoxy) is 2. The molecule has 0 saturated carbocycles. The van der Waals surface area contributed by atoms with Crippen LogP contribution in [0.2, 0.25) is 0 Å². The molecule has 11 heteroatoms. The highest BCUT2D eigenvalue weighted by Gasteiger charge is 2.29. The standard InChI is InChI=1S/C14H19N3O7S/c1-23-6-5-17-13(19)3-2-11(16-17)14(20)24-8-12(18)15-10-4-7-25(21,22)9-10/h2-3,10H,4-9H2,1H3,(H,15,18)/t10-/m0/s1. The SMILES string of the molecule is COCCn1nc(C(=O)OCC(=O)N[C@H]2CCS(=O)(=O)C2)ccc1=O. The fraction of sp³-hybridized carbons (Fsp3) is 0.571. The van der Waals surface area contributed by atoms with Crippen molar-refractivity contribution in [1.29, 1.82) is 0 Å². The molecule has 1 amide bonds. The minimum atomic E-state index is -3.11. The molecule has 2 rings (SSSR count). The lowest BCUT2D eigenvalue weighted by Gasteiger charge is -2.11. The zero-order chi connectivity index (χ0) is 18.4. The number of esters is 1. The molecule has 0 aliphatic carbocycles. The number of amides is 1. The number of aromatic nitrogens is 2. The molecule has 2 heterocycles. The molecule has 1 fully saturated rings. The topological polar surface area (TPSA) is 134 Å². The molecule has 1 N–H and O–H groups in total. The minimum Gasteiger partial charge on any atom is -0.451 e. The average Bonchev–Trinajstić information content (AvgIpc) is 2.90. The molecule has 1 aromatic rings. The van der Waals surface area contributed by atoms with Crippen LogP contribution in [0.5, 0.6) is 0 Å². The summed E-state index contributed by atoms with van der Waals surface area (Å²) in [6, 6.07) is 1.91. The molecule has 1 saturated heterocycles. The van der Waals surface area contributed by atoms with E-state index in [0.717, 1.165) is 4.68 Å². The van der Waals surface area contributed by atoms with E-state index in [9.17, 15) is 22.8 Å². The summed E-state index contributed by atoms with van der Waals surface area (Å²) in [6.45, 7) is -0.139. The van der Waals surface area contributed by atoms with Crippen LogP contribution in [0, 0.1) is 0 Å². The second kappa shape index (κ2) is 8.21. The maximum Gasteiger partial charge on any atom is 0.359 e. The molecule has 1 aromatic heterocycles. The monoisotopic (exact) mass is 373 g/mol. The van der Waals surface area contributed by atoms with Crippen molar-refractivity contribution < 1.29 is 27.5 Å². The molecule has 138 valence electrons. The van der Waals surface area contributed by atoms with Gasteiger partial charge in [-0.2, -0.15) is 5.10 Å². The van der Waals surface area contributed by atoms with Crippen molar-refractivity contribution in [3.8, 4) is 0 Å². The Hall–Kier alpha value is -2.27. The van der Waals surface area contributed by atoms with Gasteiger partial charge in [-0.15, -0.1) is 0 Å². The Bertz CT molecular complexity index is 803. The number of sulfone groups is 1. The first-order valence-corrected chi connectivity index (χ1v) is 9.37. The van der Waals surface area contributed by atoms with E-state index in [-0.39, 0.29) is 30.4 Å².